The molecule has 0 fully saturated rings. The van der Waals surface area contributed by atoms with Crippen molar-refractivity contribution in [2.45, 2.75) is 0 Å². The maximum absolute atomic E-state index is 11.1. The van der Waals surface area contributed by atoms with Crippen LogP contribution in [0.4, 0.5) is 4.79 Å². The first kappa shape index (κ1) is 12.6. The third-order valence-electron chi connectivity index (χ3n) is 1.99. The number of carbonyl (C=O) groups is 1. The summed E-state index contributed by atoms with van der Waals surface area (Å²) >= 11 is 0. The maximum Gasteiger partial charge on any atom is 0.427 e. The Labute approximate surface area is 107 Å². The van der Waals surface area contributed by atoms with Crippen LogP contribution in [0.1, 0.15) is 0 Å². The van der Waals surface area contributed by atoms with Crippen LogP contribution < -0.4 is 9.46 Å². The summed E-state index contributed by atoms with van der Waals surface area (Å²) in [5.41, 5.74) is 0.622. The number of rotatable bonds is 2. The van der Waals surface area contributed by atoms with E-state index in [2.05, 4.69) is 4.98 Å². The second-order valence-electron chi connectivity index (χ2n) is 3.29. The van der Waals surface area contributed by atoms with E-state index in [4.69, 9.17) is 15.4 Å². The van der Waals surface area contributed by atoms with Gasteiger partial charge in [-0.1, -0.05) is 6.07 Å². The predicted molar refractivity (Wildman–Crippen MR) is 65.7 cm³/mol. The molecule has 18 heavy (non-hydrogen) atoms. The van der Waals surface area contributed by atoms with Gasteiger partial charge in [0, 0.05) is 28.3 Å². The lowest BCUT2D eigenvalue weighted by Crippen LogP contribution is -2.29. The van der Waals surface area contributed by atoms with Crippen molar-refractivity contribution < 1.29 is 17.9 Å². The van der Waals surface area contributed by atoms with Crippen molar-refractivity contribution >= 4 is 36.9 Å². The largest absolute Gasteiger partial charge is 0.427 e. The third-order valence-corrected chi connectivity index (χ3v) is 2.64. The van der Waals surface area contributed by atoms with Gasteiger partial charge < -0.3 is 4.74 Å². The first-order valence-corrected chi connectivity index (χ1v) is 7.04. The number of carbonyl (C=O) groups excluding carboxylic acids is 1. The summed E-state index contributed by atoms with van der Waals surface area (Å²) in [5.74, 6) is 0.166. The molecular formula is C10H7ClN2O4S. The fraction of sp³-hybridized carbons (Fsp3) is 0. The van der Waals surface area contributed by atoms with E-state index >= 15 is 0 Å². The molecule has 1 aromatic heterocycles. The zero-order chi connectivity index (χ0) is 13.2. The third kappa shape index (κ3) is 3.31. The molecule has 2 aromatic rings. The molecule has 2 rings (SSSR count). The second-order valence-corrected chi connectivity index (χ2v) is 5.59. The molecule has 6 nitrogen and oxygen atoms in total. The number of amides is 1. The number of hydrogen-bond donors (Lipinski definition) is 1. The molecule has 94 valence electrons. The molecule has 0 aliphatic heterocycles. The van der Waals surface area contributed by atoms with Crippen LogP contribution in [-0.2, 0) is 9.24 Å². The van der Waals surface area contributed by atoms with Gasteiger partial charge in [0.1, 0.15) is 5.75 Å². The predicted octanol–water partition coefficient (Wildman–Crippen LogP) is 1.81. The van der Waals surface area contributed by atoms with Crippen LogP contribution in [0.15, 0.2) is 36.5 Å². The minimum Gasteiger partial charge on any atom is -0.410 e. The van der Waals surface area contributed by atoms with Gasteiger partial charge in [-0.25, -0.2) is 9.52 Å². The zero-order valence-electron chi connectivity index (χ0n) is 8.83. The van der Waals surface area contributed by atoms with E-state index < -0.39 is 15.3 Å². The Kier molecular flexibility index (Phi) is 3.35. The average molecular weight is 287 g/mol. The minimum atomic E-state index is -4.15. The summed E-state index contributed by atoms with van der Waals surface area (Å²) in [6.45, 7) is 0. The lowest BCUT2D eigenvalue weighted by atomic mass is 10.2. The van der Waals surface area contributed by atoms with Crippen molar-refractivity contribution in [2.24, 2.45) is 0 Å². The fourth-order valence-corrected chi connectivity index (χ4v) is 1.77. The van der Waals surface area contributed by atoms with Gasteiger partial charge in [-0.05, 0) is 18.2 Å². The fourth-order valence-electron chi connectivity index (χ4n) is 1.34. The molecule has 0 saturated heterocycles. The normalized spacial score (nSPS) is 11.2. The van der Waals surface area contributed by atoms with Crippen molar-refractivity contribution in [1.82, 2.24) is 9.71 Å². The van der Waals surface area contributed by atoms with Crippen LogP contribution >= 0.6 is 10.7 Å². The molecule has 0 spiro atoms. The molecule has 0 unspecified atom stereocenters. The minimum absolute atomic E-state index is 0.166. The monoisotopic (exact) mass is 286 g/mol. The summed E-state index contributed by atoms with van der Waals surface area (Å²) in [5, 5.41) is 0.871. The van der Waals surface area contributed by atoms with E-state index in [-0.39, 0.29) is 5.75 Å². The number of ether oxygens (including phenoxy) is 1. The van der Waals surface area contributed by atoms with Crippen molar-refractivity contribution in [3.8, 4) is 5.75 Å². The van der Waals surface area contributed by atoms with Crippen molar-refractivity contribution in [2.75, 3.05) is 0 Å². The summed E-state index contributed by atoms with van der Waals surface area (Å²) in [6.07, 6.45) is 0.412. The van der Waals surface area contributed by atoms with Gasteiger partial charge >= 0.3 is 15.3 Å². The molecule has 0 aliphatic rings. The van der Waals surface area contributed by atoms with E-state index in [1.165, 1.54) is 16.9 Å². The molecule has 8 heteroatoms. The molecule has 0 aliphatic carbocycles. The number of benzene rings is 1. The van der Waals surface area contributed by atoms with E-state index in [0.717, 1.165) is 5.39 Å². The SMILES string of the molecule is O=C(NS(=O)(=O)Cl)Oc1ccc2cccnc2c1. The van der Waals surface area contributed by atoms with Gasteiger partial charge in [0.15, 0.2) is 0 Å². The van der Waals surface area contributed by atoms with E-state index in [0.29, 0.717) is 5.52 Å². The zero-order valence-corrected chi connectivity index (χ0v) is 10.4. The highest BCUT2D eigenvalue weighted by Gasteiger charge is 2.12. The second kappa shape index (κ2) is 4.79. The molecule has 0 radical (unpaired) electrons. The van der Waals surface area contributed by atoms with Gasteiger partial charge in [0.05, 0.1) is 5.52 Å². The number of hydrogen-bond acceptors (Lipinski definition) is 5. The summed E-state index contributed by atoms with van der Waals surface area (Å²) in [7, 11) is 0.683. The van der Waals surface area contributed by atoms with Crippen molar-refractivity contribution in [3.63, 3.8) is 0 Å². The summed E-state index contributed by atoms with van der Waals surface area (Å²) in [4.78, 5) is 15.2. The highest BCUT2D eigenvalue weighted by Crippen LogP contribution is 2.18. The van der Waals surface area contributed by atoms with Crippen LogP contribution in [0.25, 0.3) is 10.9 Å². The van der Waals surface area contributed by atoms with Gasteiger partial charge in [-0.15, -0.1) is 0 Å². The number of halogens is 1. The topological polar surface area (TPSA) is 85.4 Å². The Balaban J connectivity index is 2.20. The Morgan fingerprint density at radius 1 is 1.33 bits per heavy atom. The van der Waals surface area contributed by atoms with Crippen LogP contribution in [0.2, 0.25) is 0 Å². The van der Waals surface area contributed by atoms with Crippen molar-refractivity contribution in [1.29, 1.82) is 0 Å². The van der Waals surface area contributed by atoms with E-state index in [9.17, 15) is 13.2 Å². The Morgan fingerprint density at radius 2 is 2.11 bits per heavy atom. The highest BCUT2D eigenvalue weighted by atomic mass is 35.7. The molecule has 1 heterocycles. The standard InChI is InChI=1S/C10H7ClN2O4S/c11-18(15,16)13-10(14)17-8-4-3-7-2-1-5-12-9(7)6-8/h1-6H,(H,13,14). The van der Waals surface area contributed by atoms with Gasteiger partial charge in [0.25, 0.3) is 0 Å². The lowest BCUT2D eigenvalue weighted by Gasteiger charge is -2.04. The van der Waals surface area contributed by atoms with Crippen LogP contribution in [0.5, 0.6) is 5.75 Å². The van der Waals surface area contributed by atoms with Gasteiger partial charge in [0.2, 0.25) is 0 Å². The molecule has 1 aromatic carbocycles. The number of nitrogens with one attached hydrogen (secondary N) is 1. The van der Waals surface area contributed by atoms with Crippen molar-refractivity contribution in [3.05, 3.63) is 36.5 Å². The summed E-state index contributed by atoms with van der Waals surface area (Å²) < 4.78 is 27.4. The van der Waals surface area contributed by atoms with Crippen LogP contribution in [-0.4, -0.2) is 19.5 Å². The first-order valence-electron chi connectivity index (χ1n) is 4.73. The summed E-state index contributed by atoms with van der Waals surface area (Å²) in [6, 6.07) is 8.34. The van der Waals surface area contributed by atoms with E-state index in [1.54, 1.807) is 18.3 Å². The Hall–Kier alpha value is -1.86. The Morgan fingerprint density at radius 3 is 2.83 bits per heavy atom. The molecule has 0 saturated carbocycles. The van der Waals surface area contributed by atoms with Gasteiger partial charge in [-0.2, -0.15) is 8.42 Å². The Bertz CT molecular complexity index is 702. The molecule has 1 N–H and O–H groups in total. The van der Waals surface area contributed by atoms with Gasteiger partial charge in [-0.3, -0.25) is 4.98 Å². The number of nitrogens with zero attached hydrogens (tertiary/aromatic N) is 1. The molecule has 0 bridgehead atoms. The first-order chi connectivity index (χ1) is 8.44. The number of aromatic nitrogens is 1. The van der Waals surface area contributed by atoms with E-state index in [1.807, 2.05) is 6.07 Å². The number of pyridine rings is 1. The highest BCUT2D eigenvalue weighted by molar-refractivity contribution is 8.12. The average Bonchev–Trinajstić information content (AvgIpc) is 2.26. The quantitative estimate of drug-likeness (QED) is 0.851. The lowest BCUT2D eigenvalue weighted by molar-refractivity contribution is 0.207. The van der Waals surface area contributed by atoms with Crippen LogP contribution in [0, 0.1) is 0 Å². The molecular weight excluding hydrogens is 280 g/mol. The molecule has 1 amide bonds. The molecule has 0 atom stereocenters. The van der Waals surface area contributed by atoms with Crippen LogP contribution in [0.3, 0.4) is 0 Å². The maximum atomic E-state index is 11.1. The smallest absolute Gasteiger partial charge is 0.410 e. The number of fused-ring (bicyclic) bond motifs is 1.